The number of hydrogen-bond acceptors (Lipinski definition) is 7. The lowest BCUT2D eigenvalue weighted by Gasteiger charge is -2.42. The Bertz CT molecular complexity index is 1100. The van der Waals surface area contributed by atoms with Gasteiger partial charge in [0.2, 0.25) is 0 Å². The van der Waals surface area contributed by atoms with Crippen LogP contribution in [0.2, 0.25) is 0 Å². The second-order valence-corrected chi connectivity index (χ2v) is 9.03. The molecule has 2 aliphatic rings. The fraction of sp³-hybridized carbons (Fsp3) is 0.526. The molecule has 27 heavy (non-hydrogen) atoms. The number of hydrogen-bond donors (Lipinski definition) is 1. The van der Waals surface area contributed by atoms with Crippen molar-refractivity contribution in [2.24, 2.45) is 0 Å². The molecule has 0 radical (unpaired) electrons. The molecule has 0 bridgehead atoms. The third-order valence-electron chi connectivity index (χ3n) is 5.95. The van der Waals surface area contributed by atoms with Gasteiger partial charge in [0.05, 0.1) is 25.1 Å². The van der Waals surface area contributed by atoms with Gasteiger partial charge in [-0.1, -0.05) is 0 Å². The largest absolute Gasteiger partial charge is 0.378 e. The highest BCUT2D eigenvalue weighted by Crippen LogP contribution is 2.42. The van der Waals surface area contributed by atoms with E-state index in [1.165, 1.54) is 28.8 Å². The molecule has 0 spiro atoms. The topological polar surface area (TPSA) is 74.3 Å². The van der Waals surface area contributed by atoms with Crippen molar-refractivity contribution in [1.29, 1.82) is 0 Å². The van der Waals surface area contributed by atoms with Crippen molar-refractivity contribution >= 4 is 37.6 Å². The Labute approximate surface area is 161 Å². The fourth-order valence-corrected chi connectivity index (χ4v) is 5.18. The van der Waals surface area contributed by atoms with Crippen molar-refractivity contribution in [2.45, 2.75) is 32.4 Å². The molecule has 7 nitrogen and oxygen atoms in total. The maximum absolute atomic E-state index is 12.3. The minimum Gasteiger partial charge on any atom is -0.378 e. The maximum Gasteiger partial charge on any atom is 0.268 e. The van der Waals surface area contributed by atoms with Crippen LogP contribution in [0.4, 0.5) is 5.82 Å². The van der Waals surface area contributed by atoms with E-state index in [1.807, 2.05) is 0 Å². The summed E-state index contributed by atoms with van der Waals surface area (Å²) in [5, 5.41) is 1.06. The van der Waals surface area contributed by atoms with Crippen LogP contribution in [0.25, 0.3) is 20.4 Å². The number of rotatable bonds is 1. The predicted molar refractivity (Wildman–Crippen MR) is 108 cm³/mol. The van der Waals surface area contributed by atoms with Gasteiger partial charge in [0.1, 0.15) is 15.3 Å². The van der Waals surface area contributed by atoms with E-state index in [0.29, 0.717) is 4.70 Å². The number of ether oxygens (including phenoxy) is 1. The number of anilines is 1. The van der Waals surface area contributed by atoms with E-state index in [4.69, 9.17) is 9.72 Å². The molecule has 0 aliphatic carbocycles. The summed E-state index contributed by atoms with van der Waals surface area (Å²) >= 11 is 1.45. The highest BCUT2D eigenvalue weighted by Gasteiger charge is 2.35. The van der Waals surface area contributed by atoms with Crippen LogP contribution in [0.15, 0.2) is 11.1 Å². The molecule has 3 aromatic rings. The molecule has 0 atom stereocenters. The molecule has 1 saturated heterocycles. The number of nitrogens with zero attached hydrogens (tertiary/aromatic N) is 4. The molecular weight excluding hydrogens is 362 g/mol. The molecule has 5 rings (SSSR count). The summed E-state index contributed by atoms with van der Waals surface area (Å²) in [5.41, 5.74) is 3.31. The minimum absolute atomic E-state index is 0.0407. The summed E-state index contributed by atoms with van der Waals surface area (Å²) in [5.74, 6) is 1.05. The van der Waals surface area contributed by atoms with Crippen molar-refractivity contribution < 1.29 is 4.74 Å². The van der Waals surface area contributed by atoms with E-state index in [9.17, 15) is 4.79 Å². The molecule has 8 heteroatoms. The van der Waals surface area contributed by atoms with Crippen LogP contribution in [0.3, 0.4) is 0 Å². The van der Waals surface area contributed by atoms with Crippen LogP contribution in [-0.4, -0.2) is 58.7 Å². The van der Waals surface area contributed by atoms with Crippen LogP contribution in [0.1, 0.15) is 25.0 Å². The zero-order chi connectivity index (χ0) is 18.8. The first-order chi connectivity index (χ1) is 13.0. The second-order valence-electron chi connectivity index (χ2n) is 8.03. The Kier molecular flexibility index (Phi) is 3.79. The Morgan fingerprint density at radius 3 is 2.81 bits per heavy atom. The number of nitrogens with one attached hydrogen (secondary N) is 1. The predicted octanol–water partition coefficient (Wildman–Crippen LogP) is 2.14. The third kappa shape index (κ3) is 2.58. The Balaban J connectivity index is 1.84. The first-order valence-electron chi connectivity index (χ1n) is 9.31. The molecule has 1 fully saturated rings. The lowest BCUT2D eigenvalue weighted by atomic mass is 9.84. The normalized spacial score (nSPS) is 20.3. The lowest BCUT2D eigenvalue weighted by molar-refractivity contribution is 0.120. The van der Waals surface area contributed by atoms with E-state index in [0.717, 1.165) is 60.8 Å². The molecule has 2 aliphatic heterocycles. The number of thiophene rings is 1. The van der Waals surface area contributed by atoms with Crippen LogP contribution in [0.5, 0.6) is 0 Å². The number of H-pyrrole nitrogens is 1. The van der Waals surface area contributed by atoms with Gasteiger partial charge in [-0.25, -0.2) is 9.97 Å². The number of fused-ring (bicyclic) bond motifs is 5. The van der Waals surface area contributed by atoms with Crippen LogP contribution in [0, 0.1) is 0 Å². The van der Waals surface area contributed by atoms with Gasteiger partial charge >= 0.3 is 0 Å². The molecule has 0 amide bonds. The van der Waals surface area contributed by atoms with Gasteiger partial charge in [-0.15, -0.1) is 11.3 Å². The molecule has 0 aromatic carbocycles. The molecule has 1 N–H and O–H groups in total. The molecule has 0 saturated carbocycles. The van der Waals surface area contributed by atoms with Crippen molar-refractivity contribution in [3.63, 3.8) is 0 Å². The third-order valence-corrected chi connectivity index (χ3v) is 7.02. The highest BCUT2D eigenvalue weighted by molar-refractivity contribution is 7.25. The lowest BCUT2D eigenvalue weighted by Crippen LogP contribution is -2.47. The quantitative estimate of drug-likeness (QED) is 0.692. The first-order valence-corrected chi connectivity index (χ1v) is 10.1. The van der Waals surface area contributed by atoms with Gasteiger partial charge in [-0.05, 0) is 32.9 Å². The van der Waals surface area contributed by atoms with Gasteiger partial charge < -0.3 is 14.6 Å². The van der Waals surface area contributed by atoms with Gasteiger partial charge in [-0.2, -0.15) is 0 Å². The standard InChI is InChI=1S/C19H23N5O2S/c1-19(2)8-11-12(9-23(19)3)16(24-4-6-26-7-5-24)22-18-13(11)14-15(27-18)17(25)21-10-20-14/h10H,4-9H2,1-3H3,(H,20,21,25). The molecule has 3 aromatic heterocycles. The van der Waals surface area contributed by atoms with Crippen molar-refractivity contribution in [2.75, 3.05) is 38.3 Å². The minimum atomic E-state index is -0.0862. The van der Waals surface area contributed by atoms with Gasteiger partial charge in [0.15, 0.2) is 0 Å². The monoisotopic (exact) mass is 385 g/mol. The van der Waals surface area contributed by atoms with E-state index in [2.05, 4.69) is 40.7 Å². The van der Waals surface area contributed by atoms with Crippen molar-refractivity contribution in [3.05, 3.63) is 27.8 Å². The van der Waals surface area contributed by atoms with Crippen LogP contribution < -0.4 is 10.5 Å². The van der Waals surface area contributed by atoms with Gasteiger partial charge in [0.25, 0.3) is 5.56 Å². The number of pyridine rings is 1. The van der Waals surface area contributed by atoms with Crippen LogP contribution in [-0.2, 0) is 17.7 Å². The van der Waals surface area contributed by atoms with E-state index in [-0.39, 0.29) is 11.1 Å². The highest BCUT2D eigenvalue weighted by atomic mass is 32.1. The summed E-state index contributed by atoms with van der Waals surface area (Å²) in [6.45, 7) is 8.53. The molecule has 5 heterocycles. The number of aromatic nitrogens is 3. The zero-order valence-electron chi connectivity index (χ0n) is 15.8. The molecular formula is C19H23N5O2S. The SMILES string of the molecule is CN1Cc2c(N3CCOCC3)nc3sc4c(=O)[nH]cnc4c3c2CC1(C)C. The fourth-order valence-electron chi connectivity index (χ4n) is 4.13. The number of aromatic amines is 1. The smallest absolute Gasteiger partial charge is 0.268 e. The summed E-state index contributed by atoms with van der Waals surface area (Å²) in [4.78, 5) is 30.2. The van der Waals surface area contributed by atoms with Crippen molar-refractivity contribution in [1.82, 2.24) is 19.9 Å². The Morgan fingerprint density at radius 2 is 2.04 bits per heavy atom. The summed E-state index contributed by atoms with van der Waals surface area (Å²) in [6.07, 6.45) is 2.41. The molecule has 0 unspecified atom stereocenters. The van der Waals surface area contributed by atoms with Crippen molar-refractivity contribution in [3.8, 4) is 0 Å². The summed E-state index contributed by atoms with van der Waals surface area (Å²) in [7, 11) is 2.17. The molecule has 142 valence electrons. The summed E-state index contributed by atoms with van der Waals surface area (Å²) in [6, 6.07) is 0. The average Bonchev–Trinajstić information content (AvgIpc) is 3.03. The Morgan fingerprint density at radius 1 is 1.26 bits per heavy atom. The number of likely N-dealkylation sites (N-methyl/N-ethyl adjacent to an activating group) is 1. The van der Waals surface area contributed by atoms with Gasteiger partial charge in [-0.3, -0.25) is 9.69 Å². The zero-order valence-corrected chi connectivity index (χ0v) is 16.7. The average molecular weight is 385 g/mol. The van der Waals surface area contributed by atoms with E-state index in [1.54, 1.807) is 0 Å². The number of morpholine rings is 1. The van der Waals surface area contributed by atoms with Crippen LogP contribution >= 0.6 is 11.3 Å². The Hall–Kier alpha value is -2.03. The second kappa shape index (κ2) is 5.98. The van der Waals surface area contributed by atoms with E-state index >= 15 is 0 Å². The maximum atomic E-state index is 12.3. The first kappa shape index (κ1) is 17.1. The van der Waals surface area contributed by atoms with E-state index < -0.39 is 0 Å². The summed E-state index contributed by atoms with van der Waals surface area (Å²) < 4.78 is 6.20. The van der Waals surface area contributed by atoms with Gasteiger partial charge in [0, 0.05) is 36.1 Å².